The summed E-state index contributed by atoms with van der Waals surface area (Å²) < 4.78 is 5.12. The summed E-state index contributed by atoms with van der Waals surface area (Å²) in [5.74, 6) is 0.478. The lowest BCUT2D eigenvalue weighted by molar-refractivity contribution is -0.113. The summed E-state index contributed by atoms with van der Waals surface area (Å²) in [5.41, 5.74) is 1.72. The quantitative estimate of drug-likeness (QED) is 0.782. The Kier molecular flexibility index (Phi) is 3.77. The molecular formula is C10H12ClNO2. The molecule has 1 rings (SSSR count). The first kappa shape index (κ1) is 10.9. The molecule has 3 nitrogen and oxygen atoms in total. The third-order valence-electron chi connectivity index (χ3n) is 1.81. The largest absolute Gasteiger partial charge is 0.496 e. The van der Waals surface area contributed by atoms with E-state index in [1.165, 1.54) is 0 Å². The molecule has 0 saturated carbocycles. The zero-order chi connectivity index (χ0) is 10.6. The van der Waals surface area contributed by atoms with Crippen molar-refractivity contribution in [1.29, 1.82) is 0 Å². The fourth-order valence-corrected chi connectivity index (χ4v) is 1.16. The molecule has 0 aliphatic heterocycles. The van der Waals surface area contributed by atoms with Crippen molar-refractivity contribution in [3.8, 4) is 5.75 Å². The van der Waals surface area contributed by atoms with E-state index in [2.05, 4.69) is 5.32 Å². The summed E-state index contributed by atoms with van der Waals surface area (Å²) in [6.07, 6.45) is 0. The zero-order valence-corrected chi connectivity index (χ0v) is 8.89. The maximum atomic E-state index is 11.0. The van der Waals surface area contributed by atoms with Crippen LogP contribution in [-0.4, -0.2) is 18.9 Å². The van der Waals surface area contributed by atoms with Gasteiger partial charge in [-0.15, -0.1) is 11.6 Å². The highest BCUT2D eigenvalue weighted by Gasteiger charge is 2.03. The lowest BCUT2D eigenvalue weighted by Crippen LogP contribution is -2.12. The van der Waals surface area contributed by atoms with Crippen molar-refractivity contribution >= 4 is 23.2 Å². The van der Waals surface area contributed by atoms with Crippen molar-refractivity contribution in [3.63, 3.8) is 0 Å². The number of anilines is 1. The maximum absolute atomic E-state index is 11.0. The molecule has 0 unspecified atom stereocenters. The Morgan fingerprint density at radius 1 is 1.57 bits per heavy atom. The summed E-state index contributed by atoms with van der Waals surface area (Å²) in [6.45, 7) is 1.94. The first-order chi connectivity index (χ1) is 6.67. The smallest absolute Gasteiger partial charge is 0.239 e. The van der Waals surface area contributed by atoms with E-state index < -0.39 is 0 Å². The zero-order valence-electron chi connectivity index (χ0n) is 8.13. The summed E-state index contributed by atoms with van der Waals surface area (Å²) in [6, 6.07) is 5.45. The van der Waals surface area contributed by atoms with Crippen LogP contribution >= 0.6 is 11.6 Å². The number of alkyl halides is 1. The molecule has 0 atom stereocenters. The Morgan fingerprint density at radius 2 is 2.29 bits per heavy atom. The van der Waals surface area contributed by atoms with Crippen LogP contribution in [0.2, 0.25) is 0 Å². The van der Waals surface area contributed by atoms with E-state index in [1.807, 2.05) is 19.1 Å². The summed E-state index contributed by atoms with van der Waals surface area (Å²) >= 11 is 5.36. The second kappa shape index (κ2) is 4.86. The van der Waals surface area contributed by atoms with Gasteiger partial charge < -0.3 is 10.1 Å². The Bertz CT molecular complexity index is 339. The summed E-state index contributed by atoms with van der Waals surface area (Å²) in [5, 5.41) is 2.64. The molecule has 0 heterocycles. The van der Waals surface area contributed by atoms with Gasteiger partial charge in [0.25, 0.3) is 0 Å². The van der Waals surface area contributed by atoms with Crippen molar-refractivity contribution in [2.24, 2.45) is 0 Å². The highest BCUT2D eigenvalue weighted by molar-refractivity contribution is 6.29. The highest BCUT2D eigenvalue weighted by Crippen LogP contribution is 2.21. The second-order valence-electron chi connectivity index (χ2n) is 2.87. The van der Waals surface area contributed by atoms with Crippen LogP contribution in [0.15, 0.2) is 18.2 Å². The van der Waals surface area contributed by atoms with Crippen LogP contribution in [0.5, 0.6) is 5.75 Å². The van der Waals surface area contributed by atoms with Gasteiger partial charge in [-0.3, -0.25) is 4.79 Å². The molecule has 0 bridgehead atoms. The van der Waals surface area contributed by atoms with Crippen molar-refractivity contribution < 1.29 is 9.53 Å². The summed E-state index contributed by atoms with van der Waals surface area (Å²) in [4.78, 5) is 11.0. The molecule has 14 heavy (non-hydrogen) atoms. The van der Waals surface area contributed by atoms with Crippen molar-refractivity contribution in [3.05, 3.63) is 23.8 Å². The minimum atomic E-state index is -0.224. The molecule has 0 radical (unpaired) electrons. The first-order valence-corrected chi connectivity index (χ1v) is 4.71. The number of aryl methyl sites for hydroxylation is 1. The molecule has 76 valence electrons. The third kappa shape index (κ3) is 2.64. The number of ether oxygens (including phenoxy) is 1. The molecule has 4 heteroatoms. The standard InChI is InChI=1S/C10H12ClNO2/c1-7-3-4-8(5-9(7)14-2)12-10(13)6-11/h3-5H,6H2,1-2H3,(H,12,13). The fraction of sp³-hybridized carbons (Fsp3) is 0.300. The van der Waals surface area contributed by atoms with Gasteiger partial charge in [-0.05, 0) is 18.6 Å². The second-order valence-corrected chi connectivity index (χ2v) is 3.13. The molecule has 1 amide bonds. The van der Waals surface area contributed by atoms with Gasteiger partial charge in [-0.1, -0.05) is 6.07 Å². The highest BCUT2D eigenvalue weighted by atomic mass is 35.5. The Balaban J connectivity index is 2.84. The van der Waals surface area contributed by atoms with Crippen LogP contribution in [0, 0.1) is 6.92 Å². The van der Waals surface area contributed by atoms with Crippen molar-refractivity contribution in [2.45, 2.75) is 6.92 Å². The lowest BCUT2D eigenvalue weighted by atomic mass is 10.2. The van der Waals surface area contributed by atoms with Crippen LogP contribution in [0.4, 0.5) is 5.69 Å². The van der Waals surface area contributed by atoms with E-state index in [0.29, 0.717) is 5.69 Å². The number of rotatable bonds is 3. The number of hydrogen-bond donors (Lipinski definition) is 1. The molecule has 0 saturated heterocycles. The molecule has 1 aromatic rings. The molecule has 0 spiro atoms. The number of halogens is 1. The van der Waals surface area contributed by atoms with Gasteiger partial charge >= 0.3 is 0 Å². The lowest BCUT2D eigenvalue weighted by Gasteiger charge is -2.07. The Morgan fingerprint density at radius 3 is 2.86 bits per heavy atom. The molecule has 0 aromatic heterocycles. The van der Waals surface area contributed by atoms with Crippen LogP contribution in [0.1, 0.15) is 5.56 Å². The van der Waals surface area contributed by atoms with Crippen molar-refractivity contribution in [2.75, 3.05) is 18.3 Å². The number of carbonyl (C=O) groups excluding carboxylic acids is 1. The average Bonchev–Trinajstić information content (AvgIpc) is 2.20. The number of carbonyl (C=O) groups is 1. The number of hydrogen-bond acceptors (Lipinski definition) is 2. The SMILES string of the molecule is COc1cc(NC(=O)CCl)ccc1C. The van der Waals surface area contributed by atoms with Gasteiger partial charge in [0, 0.05) is 11.8 Å². The predicted molar refractivity (Wildman–Crippen MR) is 57.1 cm³/mol. The minimum Gasteiger partial charge on any atom is -0.496 e. The van der Waals surface area contributed by atoms with Crippen LogP contribution in [-0.2, 0) is 4.79 Å². The molecule has 0 fully saturated rings. The van der Waals surface area contributed by atoms with Gasteiger partial charge in [0.2, 0.25) is 5.91 Å². The van der Waals surface area contributed by atoms with Gasteiger partial charge in [-0.2, -0.15) is 0 Å². The Labute approximate surface area is 88.0 Å². The van der Waals surface area contributed by atoms with E-state index in [1.54, 1.807) is 13.2 Å². The van der Waals surface area contributed by atoms with Crippen LogP contribution < -0.4 is 10.1 Å². The van der Waals surface area contributed by atoms with Crippen LogP contribution in [0.25, 0.3) is 0 Å². The monoisotopic (exact) mass is 213 g/mol. The Hall–Kier alpha value is -1.22. The number of methoxy groups -OCH3 is 1. The van der Waals surface area contributed by atoms with E-state index in [9.17, 15) is 4.79 Å². The normalized spacial score (nSPS) is 9.64. The van der Waals surface area contributed by atoms with E-state index in [-0.39, 0.29) is 11.8 Å². The fourth-order valence-electron chi connectivity index (χ4n) is 1.09. The number of amides is 1. The van der Waals surface area contributed by atoms with Gasteiger partial charge in [0.1, 0.15) is 11.6 Å². The molecule has 0 aliphatic rings. The average molecular weight is 214 g/mol. The number of benzene rings is 1. The van der Waals surface area contributed by atoms with Gasteiger partial charge in [0.05, 0.1) is 7.11 Å². The molecule has 1 aromatic carbocycles. The molecular weight excluding hydrogens is 202 g/mol. The van der Waals surface area contributed by atoms with E-state index in [0.717, 1.165) is 11.3 Å². The van der Waals surface area contributed by atoms with E-state index in [4.69, 9.17) is 16.3 Å². The third-order valence-corrected chi connectivity index (χ3v) is 2.06. The van der Waals surface area contributed by atoms with Crippen LogP contribution in [0.3, 0.4) is 0 Å². The van der Waals surface area contributed by atoms with Gasteiger partial charge in [0.15, 0.2) is 0 Å². The minimum absolute atomic E-state index is 0.0454. The molecule has 0 aliphatic carbocycles. The maximum Gasteiger partial charge on any atom is 0.239 e. The first-order valence-electron chi connectivity index (χ1n) is 4.18. The van der Waals surface area contributed by atoms with E-state index >= 15 is 0 Å². The predicted octanol–water partition coefficient (Wildman–Crippen LogP) is 2.18. The number of nitrogens with one attached hydrogen (secondary N) is 1. The summed E-state index contributed by atoms with van der Waals surface area (Å²) in [7, 11) is 1.59. The molecule has 1 N–H and O–H groups in total. The van der Waals surface area contributed by atoms with Gasteiger partial charge in [-0.25, -0.2) is 0 Å². The topological polar surface area (TPSA) is 38.3 Å². The van der Waals surface area contributed by atoms with Crippen molar-refractivity contribution in [1.82, 2.24) is 0 Å².